The van der Waals surface area contributed by atoms with Gasteiger partial charge in [0.2, 0.25) is 0 Å². The van der Waals surface area contributed by atoms with Crippen molar-refractivity contribution in [3.63, 3.8) is 0 Å². The highest BCUT2D eigenvalue weighted by Gasteiger charge is 2.21. The molecule has 0 saturated carbocycles. The maximum atomic E-state index is 11.9. The molecule has 1 aromatic carbocycles. The first-order valence-corrected chi connectivity index (χ1v) is 7.41. The summed E-state index contributed by atoms with van der Waals surface area (Å²) in [5.41, 5.74) is 0.155. The zero-order valence-electron chi connectivity index (χ0n) is 13.7. The minimum Gasteiger partial charge on any atom is -0.449 e. The quantitative estimate of drug-likeness (QED) is 0.813. The number of amides is 3. The number of imide groups is 1. The van der Waals surface area contributed by atoms with Crippen molar-refractivity contribution in [1.29, 1.82) is 0 Å². The molecule has 0 aliphatic heterocycles. The first-order valence-electron chi connectivity index (χ1n) is 7.41. The molecule has 2 rings (SSSR count). The van der Waals surface area contributed by atoms with Gasteiger partial charge in [0.05, 0.1) is 5.56 Å². The third-order valence-electron chi connectivity index (χ3n) is 3.26. The normalized spacial score (nSPS) is 11.3. The second kappa shape index (κ2) is 7.91. The third kappa shape index (κ3) is 5.03. The fraction of sp³-hybridized carbons (Fsp3) is 0.176. The Morgan fingerprint density at radius 2 is 1.80 bits per heavy atom. The largest absolute Gasteiger partial charge is 0.449 e. The Bertz CT molecular complexity index is 845. The lowest BCUT2D eigenvalue weighted by Gasteiger charge is -2.13. The molecule has 0 aliphatic rings. The molecule has 1 atom stereocenters. The predicted octanol–water partition coefficient (Wildman–Crippen LogP) is 1.28. The molecule has 1 aromatic heterocycles. The van der Waals surface area contributed by atoms with E-state index in [4.69, 9.17) is 4.74 Å². The molecule has 130 valence electrons. The molecule has 25 heavy (non-hydrogen) atoms. The molecule has 3 amide bonds. The zero-order valence-corrected chi connectivity index (χ0v) is 13.7. The number of rotatable bonds is 4. The first kappa shape index (κ1) is 17.9. The summed E-state index contributed by atoms with van der Waals surface area (Å²) in [5, 5.41) is 4.54. The number of aromatic nitrogens is 1. The number of esters is 1. The van der Waals surface area contributed by atoms with Gasteiger partial charge in [0.15, 0.2) is 6.10 Å². The Kier molecular flexibility index (Phi) is 5.67. The van der Waals surface area contributed by atoms with Crippen molar-refractivity contribution >= 4 is 23.6 Å². The number of urea groups is 1. The minimum atomic E-state index is -1.21. The molecule has 0 saturated heterocycles. The van der Waals surface area contributed by atoms with Gasteiger partial charge in [0.1, 0.15) is 0 Å². The molecule has 1 heterocycles. The van der Waals surface area contributed by atoms with Crippen molar-refractivity contribution in [2.24, 2.45) is 7.05 Å². The second-order valence-electron chi connectivity index (χ2n) is 5.22. The molecular formula is C17H17N3O5. The van der Waals surface area contributed by atoms with E-state index < -0.39 is 24.0 Å². The van der Waals surface area contributed by atoms with E-state index in [1.165, 1.54) is 23.8 Å². The topological polar surface area (TPSA) is 106 Å². The van der Waals surface area contributed by atoms with Gasteiger partial charge in [-0.15, -0.1) is 0 Å². The first-order chi connectivity index (χ1) is 11.9. The van der Waals surface area contributed by atoms with Crippen molar-refractivity contribution in [2.75, 3.05) is 5.32 Å². The highest BCUT2D eigenvalue weighted by molar-refractivity contribution is 6.03. The number of hydrogen-bond acceptors (Lipinski definition) is 5. The highest BCUT2D eigenvalue weighted by Crippen LogP contribution is 2.05. The fourth-order valence-corrected chi connectivity index (χ4v) is 1.85. The maximum absolute atomic E-state index is 11.9. The summed E-state index contributed by atoms with van der Waals surface area (Å²) in [6.45, 7) is 1.32. The lowest BCUT2D eigenvalue weighted by Crippen LogP contribution is -2.41. The molecule has 0 fully saturated rings. The Hall–Kier alpha value is -3.42. The summed E-state index contributed by atoms with van der Waals surface area (Å²) in [4.78, 5) is 47.1. The van der Waals surface area contributed by atoms with Crippen LogP contribution in [0.1, 0.15) is 17.3 Å². The molecule has 0 bridgehead atoms. The van der Waals surface area contributed by atoms with E-state index in [9.17, 15) is 19.2 Å². The van der Waals surface area contributed by atoms with Crippen LogP contribution in [0.3, 0.4) is 0 Å². The third-order valence-corrected chi connectivity index (χ3v) is 3.26. The minimum absolute atomic E-state index is 0.0245. The van der Waals surface area contributed by atoms with Crippen LogP contribution in [0.4, 0.5) is 10.5 Å². The molecule has 8 nitrogen and oxygen atoms in total. The summed E-state index contributed by atoms with van der Waals surface area (Å²) in [5.74, 6) is -1.62. The van der Waals surface area contributed by atoms with Crippen LogP contribution in [0.15, 0.2) is 53.5 Å². The number of para-hydroxylation sites is 1. The van der Waals surface area contributed by atoms with E-state index in [-0.39, 0.29) is 11.1 Å². The molecule has 2 N–H and O–H groups in total. The number of hydrogen-bond donors (Lipinski definition) is 2. The van der Waals surface area contributed by atoms with Crippen LogP contribution in [0, 0.1) is 0 Å². The molecular weight excluding hydrogens is 326 g/mol. The summed E-state index contributed by atoms with van der Waals surface area (Å²) >= 11 is 0. The van der Waals surface area contributed by atoms with Crippen molar-refractivity contribution in [2.45, 2.75) is 13.0 Å². The smallest absolute Gasteiger partial charge is 0.339 e. The Balaban J connectivity index is 1.91. The Morgan fingerprint density at radius 3 is 2.44 bits per heavy atom. The number of ether oxygens (including phenoxy) is 1. The average Bonchev–Trinajstić information content (AvgIpc) is 2.57. The molecule has 0 radical (unpaired) electrons. The van der Waals surface area contributed by atoms with Gasteiger partial charge < -0.3 is 14.6 Å². The fourth-order valence-electron chi connectivity index (χ4n) is 1.85. The van der Waals surface area contributed by atoms with E-state index in [1.807, 2.05) is 0 Å². The average molecular weight is 343 g/mol. The molecule has 0 aliphatic carbocycles. The molecule has 8 heteroatoms. The summed E-state index contributed by atoms with van der Waals surface area (Å²) < 4.78 is 6.26. The summed E-state index contributed by atoms with van der Waals surface area (Å²) in [6, 6.07) is 10.3. The van der Waals surface area contributed by atoms with Crippen LogP contribution in [0.5, 0.6) is 0 Å². The van der Waals surface area contributed by atoms with Crippen molar-refractivity contribution in [3.05, 3.63) is 64.6 Å². The maximum Gasteiger partial charge on any atom is 0.339 e. The van der Waals surface area contributed by atoms with E-state index in [0.717, 1.165) is 6.07 Å². The van der Waals surface area contributed by atoms with E-state index >= 15 is 0 Å². The Morgan fingerprint density at radius 1 is 1.12 bits per heavy atom. The number of nitrogens with zero attached hydrogens (tertiary/aromatic N) is 1. The summed E-state index contributed by atoms with van der Waals surface area (Å²) in [6.07, 6.45) is 0.204. The van der Waals surface area contributed by atoms with Crippen LogP contribution >= 0.6 is 0 Å². The number of aryl methyl sites for hydroxylation is 1. The lowest BCUT2D eigenvalue weighted by atomic mass is 10.2. The molecule has 0 spiro atoms. The number of carbonyl (C=O) groups is 3. The van der Waals surface area contributed by atoms with Gasteiger partial charge in [0.25, 0.3) is 11.5 Å². The molecule has 0 unspecified atom stereocenters. The predicted molar refractivity (Wildman–Crippen MR) is 90.2 cm³/mol. The van der Waals surface area contributed by atoms with Gasteiger partial charge in [-0.1, -0.05) is 18.2 Å². The van der Waals surface area contributed by atoms with Crippen LogP contribution in [-0.2, 0) is 16.6 Å². The number of pyridine rings is 1. The van der Waals surface area contributed by atoms with Crippen LogP contribution in [-0.4, -0.2) is 28.6 Å². The SMILES string of the molecule is C[C@@H](OC(=O)c1ccn(C)c(=O)c1)C(=O)NC(=O)Nc1ccccc1. The van der Waals surface area contributed by atoms with Crippen molar-refractivity contribution in [3.8, 4) is 0 Å². The highest BCUT2D eigenvalue weighted by atomic mass is 16.5. The van der Waals surface area contributed by atoms with Crippen molar-refractivity contribution < 1.29 is 19.1 Å². The van der Waals surface area contributed by atoms with Gasteiger partial charge in [-0.3, -0.25) is 14.9 Å². The van der Waals surface area contributed by atoms with Gasteiger partial charge in [-0.2, -0.15) is 0 Å². The number of nitrogens with one attached hydrogen (secondary N) is 2. The molecule has 2 aromatic rings. The van der Waals surface area contributed by atoms with Crippen LogP contribution < -0.4 is 16.2 Å². The number of anilines is 1. The van der Waals surface area contributed by atoms with Gasteiger partial charge >= 0.3 is 12.0 Å². The van der Waals surface area contributed by atoms with Gasteiger partial charge in [-0.05, 0) is 25.1 Å². The second-order valence-corrected chi connectivity index (χ2v) is 5.22. The lowest BCUT2D eigenvalue weighted by molar-refractivity contribution is -0.127. The Labute approximate surface area is 143 Å². The summed E-state index contributed by atoms with van der Waals surface area (Å²) in [7, 11) is 1.54. The van der Waals surface area contributed by atoms with E-state index in [2.05, 4.69) is 10.6 Å². The zero-order chi connectivity index (χ0) is 18.4. The van der Waals surface area contributed by atoms with E-state index in [1.54, 1.807) is 37.4 Å². The van der Waals surface area contributed by atoms with Gasteiger partial charge in [0, 0.05) is 25.0 Å². The van der Waals surface area contributed by atoms with Crippen LogP contribution in [0.2, 0.25) is 0 Å². The number of benzene rings is 1. The van der Waals surface area contributed by atoms with Gasteiger partial charge in [-0.25, -0.2) is 9.59 Å². The monoisotopic (exact) mass is 343 g/mol. The van der Waals surface area contributed by atoms with Crippen LogP contribution in [0.25, 0.3) is 0 Å². The standard InChI is InChI=1S/C17H17N3O5/c1-11(25-16(23)12-8-9-20(2)14(21)10-12)15(22)19-17(24)18-13-6-4-3-5-7-13/h3-11H,1-2H3,(H2,18,19,22,24)/t11-/m1/s1. The number of carbonyl (C=O) groups excluding carboxylic acids is 3. The van der Waals surface area contributed by atoms with E-state index in [0.29, 0.717) is 5.69 Å². The van der Waals surface area contributed by atoms with Crippen molar-refractivity contribution in [1.82, 2.24) is 9.88 Å².